The van der Waals surface area contributed by atoms with Gasteiger partial charge in [-0.2, -0.15) is 0 Å². The summed E-state index contributed by atoms with van der Waals surface area (Å²) in [4.78, 5) is 0. The molecule has 0 unspecified atom stereocenters. The van der Waals surface area contributed by atoms with Crippen LogP contribution in [0.1, 0.15) is 65.2 Å². The smallest absolute Gasteiger partial charge is 0.137 e. The van der Waals surface area contributed by atoms with Crippen molar-refractivity contribution < 1.29 is 0 Å². The van der Waals surface area contributed by atoms with Crippen molar-refractivity contribution >= 4 is 14.8 Å². The van der Waals surface area contributed by atoms with Crippen LogP contribution in [0.25, 0.3) is 0 Å². The van der Waals surface area contributed by atoms with Gasteiger partial charge in [0.15, 0.2) is 6.71 Å². The van der Waals surface area contributed by atoms with Crippen LogP contribution in [-0.2, 0) is 0 Å². The van der Waals surface area contributed by atoms with E-state index in [-0.39, 0.29) is 0 Å². The number of rotatable bonds is 5. The molecule has 0 aromatic heterocycles. The van der Waals surface area contributed by atoms with Crippen molar-refractivity contribution in [1.29, 1.82) is 0 Å². The Morgan fingerprint density at radius 3 is 1.91 bits per heavy atom. The zero-order chi connectivity index (χ0) is 16.3. The van der Waals surface area contributed by atoms with Gasteiger partial charge in [0.25, 0.3) is 0 Å². The number of allylic oxidation sites excluding steroid dienone is 2. The van der Waals surface area contributed by atoms with Crippen molar-refractivity contribution in [3.05, 3.63) is 28.6 Å². The molecule has 2 fully saturated rings. The third-order valence-corrected chi connectivity index (χ3v) is 8.06. The van der Waals surface area contributed by atoms with Gasteiger partial charge in [-0.3, -0.25) is 0 Å². The summed E-state index contributed by atoms with van der Waals surface area (Å²) >= 11 is 0. The standard InChI is InChI=1S/C20H35BSi/c1-16(2)13-14-20(22(4,5)6)15-17(3)21-18-9-7-10-19(21)12-8-11-18/h18-19H,1,7-14H2,2-6H3. The average Bonchev–Trinajstić information content (AvgIpc) is 2.40. The van der Waals surface area contributed by atoms with Crippen LogP contribution in [0.3, 0.4) is 0 Å². The largest absolute Gasteiger partial charge is 0.186 e. The van der Waals surface area contributed by atoms with Gasteiger partial charge in [0, 0.05) is 0 Å². The molecule has 2 heterocycles. The van der Waals surface area contributed by atoms with Crippen LogP contribution in [0.5, 0.6) is 0 Å². The van der Waals surface area contributed by atoms with Crippen LogP contribution < -0.4 is 0 Å². The highest BCUT2D eigenvalue weighted by molar-refractivity contribution is 6.83. The Morgan fingerprint density at radius 1 is 1.00 bits per heavy atom. The van der Waals surface area contributed by atoms with Gasteiger partial charge in [0.2, 0.25) is 0 Å². The van der Waals surface area contributed by atoms with Crippen molar-refractivity contribution in [2.75, 3.05) is 0 Å². The summed E-state index contributed by atoms with van der Waals surface area (Å²) in [6.45, 7) is 16.9. The van der Waals surface area contributed by atoms with Gasteiger partial charge in [-0.15, -0.1) is 12.3 Å². The molecule has 2 bridgehead atoms. The molecule has 0 N–H and O–H groups in total. The Hall–Kier alpha value is -0.458. The van der Waals surface area contributed by atoms with Crippen LogP contribution in [0.4, 0.5) is 0 Å². The predicted molar refractivity (Wildman–Crippen MR) is 105 cm³/mol. The van der Waals surface area contributed by atoms with Gasteiger partial charge >= 0.3 is 0 Å². The van der Waals surface area contributed by atoms with E-state index >= 15 is 0 Å². The summed E-state index contributed by atoms with van der Waals surface area (Å²) in [6, 6.07) is 0. The third kappa shape index (κ3) is 4.52. The van der Waals surface area contributed by atoms with Gasteiger partial charge in [-0.05, 0) is 31.9 Å². The van der Waals surface area contributed by atoms with E-state index in [0.717, 1.165) is 24.8 Å². The van der Waals surface area contributed by atoms with E-state index in [4.69, 9.17) is 0 Å². The Kier molecular flexibility index (Phi) is 6.02. The first-order valence-electron chi connectivity index (χ1n) is 9.40. The SMILES string of the molecule is C=C(C)CCC(=C=C(C)B1C2CCCC1CCC2)[Si](C)(C)C. The van der Waals surface area contributed by atoms with E-state index in [0.29, 0.717) is 0 Å². The fraction of sp³-hybridized carbons (Fsp3) is 0.750. The summed E-state index contributed by atoms with van der Waals surface area (Å²) in [7, 11) is -1.27. The normalized spacial score (nSPS) is 24.7. The molecule has 0 aromatic carbocycles. The molecule has 0 aliphatic carbocycles. The van der Waals surface area contributed by atoms with Crippen molar-refractivity contribution in [2.45, 2.75) is 96.5 Å². The number of hydrogen-bond donors (Lipinski definition) is 0. The van der Waals surface area contributed by atoms with E-state index in [1.165, 1.54) is 50.5 Å². The van der Waals surface area contributed by atoms with Gasteiger partial charge < -0.3 is 0 Å². The Balaban J connectivity index is 2.29. The summed E-state index contributed by atoms with van der Waals surface area (Å²) in [6.07, 6.45) is 11.1. The van der Waals surface area contributed by atoms with E-state index in [9.17, 15) is 0 Å². The summed E-state index contributed by atoms with van der Waals surface area (Å²) < 4.78 is 0. The first kappa shape index (κ1) is 17.9. The lowest BCUT2D eigenvalue weighted by molar-refractivity contribution is 0.446. The van der Waals surface area contributed by atoms with Crippen LogP contribution in [0, 0.1) is 0 Å². The molecule has 0 spiro atoms. The molecule has 0 aromatic rings. The van der Waals surface area contributed by atoms with Gasteiger partial charge in [-0.1, -0.05) is 80.8 Å². The number of fused-ring (bicyclic) bond motifs is 2. The Morgan fingerprint density at radius 2 is 1.50 bits per heavy atom. The van der Waals surface area contributed by atoms with E-state index in [1.807, 2.05) is 0 Å². The average molecular weight is 314 g/mol. The Bertz CT molecular complexity index is 454. The first-order chi connectivity index (χ1) is 10.3. The predicted octanol–water partition coefficient (Wildman–Crippen LogP) is 6.83. The number of hydrogen-bond acceptors (Lipinski definition) is 0. The fourth-order valence-corrected chi connectivity index (χ4v) is 6.12. The second-order valence-corrected chi connectivity index (χ2v) is 14.0. The Labute approximate surface area is 140 Å². The van der Waals surface area contributed by atoms with Crippen LogP contribution in [-0.4, -0.2) is 14.8 Å². The topological polar surface area (TPSA) is 0 Å². The highest BCUT2D eigenvalue weighted by atomic mass is 28.3. The van der Waals surface area contributed by atoms with E-state index in [1.54, 1.807) is 10.7 Å². The maximum Gasteiger partial charge on any atom is 0.186 e. The van der Waals surface area contributed by atoms with Crippen molar-refractivity contribution in [1.82, 2.24) is 0 Å². The maximum absolute atomic E-state index is 4.09. The second-order valence-electron chi connectivity index (χ2n) is 8.90. The molecule has 0 saturated carbocycles. The molecule has 2 heteroatoms. The molecule has 0 atom stereocenters. The molecule has 0 radical (unpaired) electrons. The second kappa shape index (κ2) is 7.41. The monoisotopic (exact) mass is 314 g/mol. The molecule has 22 heavy (non-hydrogen) atoms. The van der Waals surface area contributed by atoms with E-state index < -0.39 is 8.07 Å². The lowest BCUT2D eigenvalue weighted by Gasteiger charge is -2.40. The highest BCUT2D eigenvalue weighted by Crippen LogP contribution is 2.48. The van der Waals surface area contributed by atoms with Crippen LogP contribution in [0.2, 0.25) is 31.3 Å². The van der Waals surface area contributed by atoms with Crippen molar-refractivity contribution in [2.24, 2.45) is 0 Å². The minimum Gasteiger partial charge on any atom is -0.137 e. The molecule has 2 rings (SSSR count). The molecular weight excluding hydrogens is 279 g/mol. The molecule has 2 aliphatic rings. The lowest BCUT2D eigenvalue weighted by atomic mass is 9.24. The zero-order valence-electron chi connectivity index (χ0n) is 15.6. The van der Waals surface area contributed by atoms with Crippen molar-refractivity contribution in [3.63, 3.8) is 0 Å². The summed E-state index contributed by atoms with van der Waals surface area (Å²) in [5.74, 6) is 1.92. The molecular formula is C20H35BSi. The molecule has 0 nitrogen and oxygen atoms in total. The van der Waals surface area contributed by atoms with E-state index in [2.05, 4.69) is 45.8 Å². The fourth-order valence-electron chi connectivity index (χ4n) is 4.67. The quantitative estimate of drug-likeness (QED) is 0.296. The molecule has 2 saturated heterocycles. The van der Waals surface area contributed by atoms with Gasteiger partial charge in [0.05, 0.1) is 8.07 Å². The first-order valence-corrected chi connectivity index (χ1v) is 12.9. The molecule has 122 valence electrons. The van der Waals surface area contributed by atoms with Gasteiger partial charge in [-0.25, -0.2) is 0 Å². The summed E-state index contributed by atoms with van der Waals surface area (Å²) in [5, 5.41) is 1.64. The van der Waals surface area contributed by atoms with Crippen molar-refractivity contribution in [3.8, 4) is 0 Å². The maximum atomic E-state index is 4.09. The molecule has 0 amide bonds. The molecule has 2 aliphatic heterocycles. The minimum absolute atomic E-state index is 0.846. The minimum atomic E-state index is -1.27. The van der Waals surface area contributed by atoms with Crippen LogP contribution >= 0.6 is 0 Å². The highest BCUT2D eigenvalue weighted by Gasteiger charge is 2.40. The lowest BCUT2D eigenvalue weighted by Crippen LogP contribution is -2.36. The van der Waals surface area contributed by atoms with Crippen LogP contribution in [0.15, 0.2) is 28.6 Å². The van der Waals surface area contributed by atoms with Gasteiger partial charge in [0.1, 0.15) is 0 Å². The summed E-state index contributed by atoms with van der Waals surface area (Å²) in [5.41, 5.74) is 6.87. The third-order valence-electron chi connectivity index (χ3n) is 5.87. The zero-order valence-corrected chi connectivity index (χ0v) is 16.6.